The highest BCUT2D eigenvalue weighted by molar-refractivity contribution is 9.10. The Hall–Kier alpha value is -0.650. The van der Waals surface area contributed by atoms with Crippen LogP contribution in [0.1, 0.15) is 35.3 Å². The molecule has 0 spiro atoms. The predicted molar refractivity (Wildman–Crippen MR) is 85.2 cm³/mol. The molecule has 1 atom stereocenters. The van der Waals surface area contributed by atoms with E-state index in [1.54, 1.807) is 6.20 Å². The summed E-state index contributed by atoms with van der Waals surface area (Å²) in [6, 6.07) is 4.07. The van der Waals surface area contributed by atoms with Crippen molar-refractivity contribution in [3.8, 4) is 0 Å². The zero-order valence-electron chi connectivity index (χ0n) is 11.2. The Kier molecular flexibility index (Phi) is 4.48. The summed E-state index contributed by atoms with van der Waals surface area (Å²) in [6.07, 6.45) is 1.80. The van der Waals surface area contributed by atoms with Gasteiger partial charge in [-0.2, -0.15) is 5.10 Å². The minimum absolute atomic E-state index is 0.178. The molecule has 0 aliphatic rings. The van der Waals surface area contributed by atoms with Crippen LogP contribution in [-0.4, -0.2) is 9.78 Å². The third kappa shape index (κ3) is 2.78. The number of nitrogens with two attached hydrogens (primary N) is 1. The average molecular weight is 387 g/mol. The SMILES string of the molecule is CCn1ncc(Br)c1C(N)c1cc(C)c(Br)c(C)c1. The Bertz CT molecular complexity index is 582. The van der Waals surface area contributed by atoms with E-state index in [2.05, 4.69) is 69.9 Å². The van der Waals surface area contributed by atoms with Crippen molar-refractivity contribution in [2.24, 2.45) is 5.73 Å². The molecule has 0 fully saturated rings. The highest BCUT2D eigenvalue weighted by Gasteiger charge is 2.18. The minimum Gasteiger partial charge on any atom is -0.319 e. The lowest BCUT2D eigenvalue weighted by molar-refractivity contribution is 0.599. The highest BCUT2D eigenvalue weighted by Crippen LogP contribution is 2.30. The molecule has 0 amide bonds. The van der Waals surface area contributed by atoms with Crippen LogP contribution in [0, 0.1) is 13.8 Å². The molecule has 1 aromatic heterocycles. The van der Waals surface area contributed by atoms with E-state index >= 15 is 0 Å². The third-order valence-electron chi connectivity index (χ3n) is 3.25. The fraction of sp³-hybridized carbons (Fsp3) is 0.357. The molecule has 0 bridgehead atoms. The van der Waals surface area contributed by atoms with Crippen LogP contribution in [-0.2, 0) is 6.54 Å². The van der Waals surface area contributed by atoms with E-state index in [9.17, 15) is 0 Å². The van der Waals surface area contributed by atoms with Gasteiger partial charge in [-0.25, -0.2) is 0 Å². The van der Waals surface area contributed by atoms with Crippen molar-refractivity contribution in [2.75, 3.05) is 0 Å². The van der Waals surface area contributed by atoms with Gasteiger partial charge in [0, 0.05) is 11.0 Å². The van der Waals surface area contributed by atoms with Crippen molar-refractivity contribution in [3.05, 3.63) is 49.7 Å². The molecule has 0 aliphatic carbocycles. The van der Waals surface area contributed by atoms with Gasteiger partial charge >= 0.3 is 0 Å². The van der Waals surface area contributed by atoms with Gasteiger partial charge in [0.05, 0.1) is 22.4 Å². The largest absolute Gasteiger partial charge is 0.319 e. The number of nitrogens with zero attached hydrogens (tertiary/aromatic N) is 2. The molecular formula is C14H17Br2N3. The normalized spacial score (nSPS) is 12.7. The molecule has 0 saturated heterocycles. The first-order valence-electron chi connectivity index (χ1n) is 6.19. The second-order valence-electron chi connectivity index (χ2n) is 4.64. The van der Waals surface area contributed by atoms with Crippen molar-refractivity contribution in [3.63, 3.8) is 0 Å². The molecule has 0 radical (unpaired) electrons. The topological polar surface area (TPSA) is 43.8 Å². The lowest BCUT2D eigenvalue weighted by Crippen LogP contribution is -2.18. The molecule has 0 saturated carbocycles. The number of hydrogen-bond acceptors (Lipinski definition) is 2. The van der Waals surface area contributed by atoms with Crippen LogP contribution >= 0.6 is 31.9 Å². The van der Waals surface area contributed by atoms with Crippen LogP contribution in [0.15, 0.2) is 27.3 Å². The van der Waals surface area contributed by atoms with E-state index < -0.39 is 0 Å². The fourth-order valence-corrected chi connectivity index (χ4v) is 3.02. The lowest BCUT2D eigenvalue weighted by Gasteiger charge is -2.17. The predicted octanol–water partition coefficient (Wildman–Crippen LogP) is 4.09. The van der Waals surface area contributed by atoms with Gasteiger partial charge < -0.3 is 5.73 Å². The Morgan fingerprint density at radius 1 is 1.26 bits per heavy atom. The molecule has 1 aromatic carbocycles. The number of aryl methyl sites for hydroxylation is 3. The summed E-state index contributed by atoms with van der Waals surface area (Å²) in [4.78, 5) is 0. The van der Waals surface area contributed by atoms with Crippen LogP contribution in [0.2, 0.25) is 0 Å². The smallest absolute Gasteiger partial charge is 0.0738 e. The standard InChI is InChI=1S/C14H17Br2N3/c1-4-19-14(11(15)7-18-19)13(17)10-5-8(2)12(16)9(3)6-10/h5-7,13H,4,17H2,1-3H3. The van der Waals surface area contributed by atoms with Crippen LogP contribution in [0.25, 0.3) is 0 Å². The summed E-state index contributed by atoms with van der Waals surface area (Å²) in [7, 11) is 0. The van der Waals surface area contributed by atoms with E-state index in [1.165, 1.54) is 11.1 Å². The number of hydrogen-bond donors (Lipinski definition) is 1. The molecule has 2 aromatic rings. The van der Waals surface area contributed by atoms with Crippen LogP contribution in [0.3, 0.4) is 0 Å². The monoisotopic (exact) mass is 385 g/mol. The third-order valence-corrected chi connectivity index (χ3v) is 5.11. The summed E-state index contributed by atoms with van der Waals surface area (Å²) < 4.78 is 4.04. The summed E-state index contributed by atoms with van der Waals surface area (Å²) >= 11 is 7.12. The highest BCUT2D eigenvalue weighted by atomic mass is 79.9. The summed E-state index contributed by atoms with van der Waals surface area (Å²) in [6.45, 7) is 7.04. The molecule has 19 heavy (non-hydrogen) atoms. The van der Waals surface area contributed by atoms with Crippen molar-refractivity contribution in [1.29, 1.82) is 0 Å². The van der Waals surface area contributed by atoms with Crippen molar-refractivity contribution in [1.82, 2.24) is 9.78 Å². The number of rotatable bonds is 3. The first-order chi connectivity index (χ1) is 8.95. The molecule has 102 valence electrons. The zero-order valence-corrected chi connectivity index (χ0v) is 14.4. The zero-order chi connectivity index (χ0) is 14.2. The van der Waals surface area contributed by atoms with Gasteiger partial charge in [0.25, 0.3) is 0 Å². The van der Waals surface area contributed by atoms with Crippen molar-refractivity contribution >= 4 is 31.9 Å². The Morgan fingerprint density at radius 3 is 2.37 bits per heavy atom. The van der Waals surface area contributed by atoms with Crippen LogP contribution in [0.5, 0.6) is 0 Å². The van der Waals surface area contributed by atoms with Crippen LogP contribution < -0.4 is 5.73 Å². The quantitative estimate of drug-likeness (QED) is 0.863. The van der Waals surface area contributed by atoms with Gasteiger partial charge in [-0.05, 0) is 53.4 Å². The molecule has 1 heterocycles. The van der Waals surface area contributed by atoms with Crippen molar-refractivity contribution in [2.45, 2.75) is 33.4 Å². The number of benzene rings is 1. The Labute approximate surface area is 130 Å². The minimum atomic E-state index is -0.178. The van der Waals surface area contributed by atoms with E-state index in [0.29, 0.717) is 0 Å². The maximum Gasteiger partial charge on any atom is 0.0738 e. The lowest BCUT2D eigenvalue weighted by atomic mass is 10.00. The molecule has 3 nitrogen and oxygen atoms in total. The average Bonchev–Trinajstić information content (AvgIpc) is 2.75. The fourth-order valence-electron chi connectivity index (χ4n) is 2.25. The number of aromatic nitrogens is 2. The van der Waals surface area contributed by atoms with Crippen molar-refractivity contribution < 1.29 is 0 Å². The summed E-state index contributed by atoms with van der Waals surface area (Å²) in [5, 5.41) is 4.32. The second kappa shape index (κ2) is 5.77. The second-order valence-corrected chi connectivity index (χ2v) is 6.29. The molecule has 2 N–H and O–H groups in total. The summed E-state index contributed by atoms with van der Waals surface area (Å²) in [5.41, 5.74) is 10.9. The molecule has 2 rings (SSSR count). The van der Waals surface area contributed by atoms with Gasteiger partial charge in [0.1, 0.15) is 0 Å². The summed E-state index contributed by atoms with van der Waals surface area (Å²) in [5.74, 6) is 0. The van der Waals surface area contributed by atoms with Gasteiger partial charge in [0.15, 0.2) is 0 Å². The molecule has 0 aliphatic heterocycles. The van der Waals surface area contributed by atoms with Gasteiger partial charge in [0.2, 0.25) is 0 Å². The van der Waals surface area contributed by atoms with E-state index in [4.69, 9.17) is 5.73 Å². The van der Waals surface area contributed by atoms with E-state index in [1.807, 2.05) is 4.68 Å². The van der Waals surface area contributed by atoms with Gasteiger partial charge in [-0.3, -0.25) is 4.68 Å². The van der Waals surface area contributed by atoms with Gasteiger partial charge in [-0.15, -0.1) is 0 Å². The number of halogens is 2. The molecule has 1 unspecified atom stereocenters. The maximum atomic E-state index is 6.42. The van der Waals surface area contributed by atoms with E-state index in [-0.39, 0.29) is 6.04 Å². The molecular weight excluding hydrogens is 370 g/mol. The first-order valence-corrected chi connectivity index (χ1v) is 7.77. The Balaban J connectivity index is 2.49. The first kappa shape index (κ1) is 14.8. The molecule has 5 heteroatoms. The van der Waals surface area contributed by atoms with E-state index in [0.717, 1.165) is 26.7 Å². The Morgan fingerprint density at radius 2 is 1.84 bits per heavy atom. The maximum absolute atomic E-state index is 6.42. The van der Waals surface area contributed by atoms with Gasteiger partial charge in [-0.1, -0.05) is 28.1 Å². The van der Waals surface area contributed by atoms with Crippen LogP contribution in [0.4, 0.5) is 0 Å².